The minimum absolute atomic E-state index is 0.0336. The third-order valence-electron chi connectivity index (χ3n) is 2.66. The lowest BCUT2D eigenvalue weighted by Crippen LogP contribution is -2.34. The molecule has 0 aliphatic carbocycles. The average molecular weight is 289 g/mol. The summed E-state index contributed by atoms with van der Waals surface area (Å²) in [6.07, 6.45) is 0.727. The lowest BCUT2D eigenvalue weighted by Gasteiger charge is -2.18. The summed E-state index contributed by atoms with van der Waals surface area (Å²) in [5.74, 6) is -0.346. The Kier molecular flexibility index (Phi) is 4.72. The molecule has 0 aliphatic rings. The van der Waals surface area contributed by atoms with Crippen LogP contribution in [0.15, 0.2) is 17.2 Å². The molecular formula is C11H19N3O4S. The number of nitrogens with one attached hydrogen (secondary N) is 1. The molecule has 1 aromatic heterocycles. The summed E-state index contributed by atoms with van der Waals surface area (Å²) in [4.78, 5) is 13.5. The molecular weight excluding hydrogens is 270 g/mol. The third-order valence-corrected chi connectivity index (χ3v) is 4.04. The summed E-state index contributed by atoms with van der Waals surface area (Å²) >= 11 is 0. The molecule has 7 nitrogen and oxygen atoms in total. The number of hydrogen-bond donors (Lipinski definition) is 2. The van der Waals surface area contributed by atoms with Crippen molar-refractivity contribution in [2.75, 3.05) is 20.6 Å². The van der Waals surface area contributed by atoms with Crippen LogP contribution in [0.5, 0.6) is 0 Å². The van der Waals surface area contributed by atoms with Gasteiger partial charge in [-0.3, -0.25) is 4.79 Å². The fourth-order valence-electron chi connectivity index (χ4n) is 1.69. The summed E-state index contributed by atoms with van der Waals surface area (Å²) < 4.78 is 26.9. The highest BCUT2D eigenvalue weighted by molar-refractivity contribution is 7.89. The van der Waals surface area contributed by atoms with Crippen molar-refractivity contribution in [2.45, 2.75) is 17.9 Å². The van der Waals surface area contributed by atoms with E-state index in [1.165, 1.54) is 28.8 Å². The molecule has 0 fully saturated rings. The van der Waals surface area contributed by atoms with Crippen LogP contribution in [-0.4, -0.2) is 55.6 Å². The van der Waals surface area contributed by atoms with Crippen molar-refractivity contribution in [3.8, 4) is 0 Å². The Morgan fingerprint density at radius 3 is 2.63 bits per heavy atom. The molecule has 0 aliphatic heterocycles. The molecule has 19 heavy (non-hydrogen) atoms. The van der Waals surface area contributed by atoms with Crippen LogP contribution in [0, 0.1) is 0 Å². The molecule has 0 spiro atoms. The molecule has 2 N–H and O–H groups in total. The molecule has 0 bridgehead atoms. The SMILES string of the molecule is CNS(=O)(=O)c1cc(C(=O)N(C)CC(C)O)n(C)c1. The highest BCUT2D eigenvalue weighted by Crippen LogP contribution is 2.14. The van der Waals surface area contributed by atoms with Crippen LogP contribution in [-0.2, 0) is 17.1 Å². The van der Waals surface area contributed by atoms with Crippen LogP contribution >= 0.6 is 0 Å². The van der Waals surface area contributed by atoms with Crippen molar-refractivity contribution in [1.82, 2.24) is 14.2 Å². The number of aromatic nitrogens is 1. The van der Waals surface area contributed by atoms with Gasteiger partial charge in [0, 0.05) is 26.8 Å². The van der Waals surface area contributed by atoms with Crippen molar-refractivity contribution >= 4 is 15.9 Å². The van der Waals surface area contributed by atoms with Gasteiger partial charge in [0.25, 0.3) is 5.91 Å². The van der Waals surface area contributed by atoms with Gasteiger partial charge in [0.1, 0.15) is 10.6 Å². The second-order valence-electron chi connectivity index (χ2n) is 4.41. The van der Waals surface area contributed by atoms with Gasteiger partial charge in [-0.15, -0.1) is 0 Å². The number of likely N-dealkylation sites (N-methyl/N-ethyl adjacent to an activating group) is 1. The Morgan fingerprint density at radius 1 is 1.58 bits per heavy atom. The van der Waals surface area contributed by atoms with E-state index in [4.69, 9.17) is 0 Å². The Hall–Kier alpha value is -1.38. The van der Waals surface area contributed by atoms with Crippen LogP contribution in [0.25, 0.3) is 0 Å². The fraction of sp³-hybridized carbons (Fsp3) is 0.545. The lowest BCUT2D eigenvalue weighted by molar-refractivity contribution is 0.0694. The van der Waals surface area contributed by atoms with E-state index in [0.29, 0.717) is 0 Å². The summed E-state index contributed by atoms with van der Waals surface area (Å²) in [6.45, 7) is 1.75. The van der Waals surface area contributed by atoms with E-state index < -0.39 is 16.1 Å². The molecule has 8 heteroatoms. The quantitative estimate of drug-likeness (QED) is 0.756. The molecule has 1 aromatic rings. The van der Waals surface area contributed by atoms with Crippen molar-refractivity contribution in [2.24, 2.45) is 7.05 Å². The number of sulfonamides is 1. The van der Waals surface area contributed by atoms with Gasteiger partial charge >= 0.3 is 0 Å². The second kappa shape index (κ2) is 5.72. The van der Waals surface area contributed by atoms with Crippen molar-refractivity contribution in [3.05, 3.63) is 18.0 Å². The van der Waals surface area contributed by atoms with Crippen LogP contribution < -0.4 is 4.72 Å². The van der Waals surface area contributed by atoms with E-state index >= 15 is 0 Å². The number of hydrogen-bond acceptors (Lipinski definition) is 4. The standard InChI is InChI=1S/C11H19N3O4S/c1-8(15)6-14(4)11(16)10-5-9(7-13(10)3)19(17,18)12-2/h5,7-8,12,15H,6H2,1-4H3. The predicted molar refractivity (Wildman–Crippen MR) is 70.3 cm³/mol. The second-order valence-corrected chi connectivity index (χ2v) is 6.30. The van der Waals surface area contributed by atoms with Gasteiger partial charge in [-0.1, -0.05) is 0 Å². The first kappa shape index (κ1) is 15.7. The molecule has 1 amide bonds. The average Bonchev–Trinajstić information content (AvgIpc) is 2.70. The van der Waals surface area contributed by atoms with Gasteiger partial charge in [-0.25, -0.2) is 13.1 Å². The van der Waals surface area contributed by atoms with Crippen molar-refractivity contribution < 1.29 is 18.3 Å². The monoisotopic (exact) mass is 289 g/mol. The number of carbonyl (C=O) groups is 1. The first-order valence-electron chi connectivity index (χ1n) is 5.72. The maximum atomic E-state index is 12.1. The minimum atomic E-state index is -3.57. The highest BCUT2D eigenvalue weighted by Gasteiger charge is 2.21. The van der Waals surface area contributed by atoms with E-state index in [2.05, 4.69) is 4.72 Å². The molecule has 0 saturated heterocycles. The number of rotatable bonds is 5. The zero-order valence-corrected chi connectivity index (χ0v) is 12.2. The Morgan fingerprint density at radius 2 is 2.16 bits per heavy atom. The Bertz CT molecular complexity index is 562. The first-order chi connectivity index (χ1) is 8.69. The number of aliphatic hydroxyl groups excluding tert-OH is 1. The summed E-state index contributed by atoms with van der Waals surface area (Å²) in [7, 11) is 0.881. The van der Waals surface area contributed by atoms with Gasteiger partial charge in [-0.2, -0.15) is 0 Å². The van der Waals surface area contributed by atoms with Gasteiger partial charge in [-0.05, 0) is 20.0 Å². The number of carbonyl (C=O) groups excluding carboxylic acids is 1. The normalized spacial score (nSPS) is 13.3. The molecule has 1 atom stereocenters. The van der Waals surface area contributed by atoms with E-state index in [0.717, 1.165) is 0 Å². The molecule has 1 unspecified atom stereocenters. The number of amides is 1. The Balaban J connectivity index is 3.06. The van der Waals surface area contributed by atoms with Crippen molar-refractivity contribution in [1.29, 1.82) is 0 Å². The zero-order chi connectivity index (χ0) is 14.8. The predicted octanol–water partition coefficient (Wildman–Crippen LogP) is -0.614. The van der Waals surface area contributed by atoms with E-state index in [1.54, 1.807) is 21.0 Å². The molecule has 0 radical (unpaired) electrons. The smallest absolute Gasteiger partial charge is 0.270 e. The maximum Gasteiger partial charge on any atom is 0.270 e. The van der Waals surface area contributed by atoms with Crippen LogP contribution in [0.2, 0.25) is 0 Å². The number of aryl methyl sites for hydroxylation is 1. The van der Waals surface area contributed by atoms with Gasteiger partial charge in [0.05, 0.1) is 6.10 Å². The molecule has 1 rings (SSSR count). The third kappa shape index (κ3) is 3.55. The minimum Gasteiger partial charge on any atom is -0.392 e. The molecule has 0 saturated carbocycles. The molecule has 1 heterocycles. The van der Waals surface area contributed by atoms with Crippen LogP contribution in [0.1, 0.15) is 17.4 Å². The summed E-state index contributed by atoms with van der Waals surface area (Å²) in [6, 6.07) is 1.31. The number of aliphatic hydroxyl groups is 1. The highest BCUT2D eigenvalue weighted by atomic mass is 32.2. The zero-order valence-electron chi connectivity index (χ0n) is 11.4. The lowest BCUT2D eigenvalue weighted by atomic mass is 10.3. The van der Waals surface area contributed by atoms with Crippen LogP contribution in [0.4, 0.5) is 0 Å². The summed E-state index contributed by atoms with van der Waals surface area (Å²) in [5, 5.41) is 9.25. The van der Waals surface area contributed by atoms with E-state index in [9.17, 15) is 18.3 Å². The fourth-order valence-corrected chi connectivity index (χ4v) is 2.49. The largest absolute Gasteiger partial charge is 0.392 e. The topological polar surface area (TPSA) is 91.6 Å². The molecule has 108 valence electrons. The van der Waals surface area contributed by atoms with Gasteiger partial charge in [0.2, 0.25) is 10.0 Å². The molecule has 0 aromatic carbocycles. The van der Waals surface area contributed by atoms with Crippen LogP contribution in [0.3, 0.4) is 0 Å². The van der Waals surface area contributed by atoms with E-state index in [1.807, 2.05) is 0 Å². The van der Waals surface area contributed by atoms with E-state index in [-0.39, 0.29) is 23.0 Å². The maximum absolute atomic E-state index is 12.1. The van der Waals surface area contributed by atoms with Crippen molar-refractivity contribution in [3.63, 3.8) is 0 Å². The number of nitrogens with zero attached hydrogens (tertiary/aromatic N) is 2. The first-order valence-corrected chi connectivity index (χ1v) is 7.20. The Labute approximate surface area is 112 Å². The summed E-state index contributed by atoms with van der Waals surface area (Å²) in [5.41, 5.74) is 0.247. The van der Waals surface area contributed by atoms with Gasteiger partial charge in [0.15, 0.2) is 0 Å². The van der Waals surface area contributed by atoms with Gasteiger partial charge < -0.3 is 14.6 Å².